The Labute approximate surface area is 281 Å². The lowest BCUT2D eigenvalue weighted by Crippen LogP contribution is -2.15. The fraction of sp³-hybridized carbons (Fsp3) is 0.130. The molecule has 2 aromatic heterocycles. The average molecular weight is 617 g/mol. The first-order chi connectivity index (χ1) is 23.5. The van der Waals surface area contributed by atoms with Gasteiger partial charge in [-0.25, -0.2) is 0 Å². The lowest BCUT2D eigenvalue weighted by atomic mass is 9.82. The first-order valence-electron chi connectivity index (χ1n) is 17.2. The number of aromatic nitrogens is 2. The Hall–Kier alpha value is -5.60. The van der Waals surface area contributed by atoms with E-state index in [1.54, 1.807) is 0 Å². The maximum atomic E-state index is 2.58. The van der Waals surface area contributed by atoms with Crippen LogP contribution < -0.4 is 0 Å². The van der Waals surface area contributed by atoms with Crippen molar-refractivity contribution in [3.8, 4) is 33.6 Å². The topological polar surface area (TPSA) is 9.86 Å². The van der Waals surface area contributed by atoms with E-state index in [1.165, 1.54) is 88.7 Å². The molecule has 2 aliphatic rings. The van der Waals surface area contributed by atoms with Crippen LogP contribution in [-0.4, -0.2) is 9.13 Å². The van der Waals surface area contributed by atoms with Crippen molar-refractivity contribution in [1.29, 1.82) is 0 Å². The largest absolute Gasteiger partial charge is 0.312 e. The molecule has 8 aromatic rings. The summed E-state index contributed by atoms with van der Waals surface area (Å²) in [5.74, 6) is 0.412. The number of hydrogen-bond acceptors (Lipinski definition) is 0. The van der Waals surface area contributed by atoms with Crippen molar-refractivity contribution in [2.24, 2.45) is 0 Å². The first-order valence-corrected chi connectivity index (χ1v) is 17.2. The molecule has 0 fully saturated rings. The third-order valence-corrected chi connectivity index (χ3v) is 11.1. The third kappa shape index (κ3) is 3.69. The molecule has 1 atom stereocenters. The van der Waals surface area contributed by atoms with Gasteiger partial charge in [-0.15, -0.1) is 0 Å². The molecule has 0 saturated heterocycles. The summed E-state index contributed by atoms with van der Waals surface area (Å²) in [6.07, 6.45) is 5.76. The molecule has 2 heteroatoms. The molecular formula is C46H36N2. The van der Waals surface area contributed by atoms with Crippen molar-refractivity contribution < 1.29 is 0 Å². The molecule has 0 aliphatic heterocycles. The van der Waals surface area contributed by atoms with Crippen molar-refractivity contribution >= 4 is 38.8 Å². The monoisotopic (exact) mass is 616 g/mol. The molecule has 0 saturated carbocycles. The van der Waals surface area contributed by atoms with Crippen LogP contribution in [0.1, 0.15) is 55.5 Å². The van der Waals surface area contributed by atoms with Gasteiger partial charge in [0.25, 0.3) is 0 Å². The number of benzene rings is 6. The van der Waals surface area contributed by atoms with Crippen molar-refractivity contribution in [2.45, 2.75) is 38.5 Å². The second-order valence-corrected chi connectivity index (χ2v) is 14.2. The molecule has 2 nitrogen and oxygen atoms in total. The molecule has 0 bridgehead atoms. The summed E-state index contributed by atoms with van der Waals surface area (Å²) in [6.45, 7) is 7.11. The Morgan fingerprint density at radius 1 is 0.583 bits per heavy atom. The second kappa shape index (κ2) is 9.95. The molecule has 2 aliphatic carbocycles. The molecule has 0 amide bonds. The van der Waals surface area contributed by atoms with Crippen LogP contribution in [-0.2, 0) is 5.41 Å². The lowest BCUT2D eigenvalue weighted by Gasteiger charge is -2.22. The molecule has 0 radical (unpaired) electrons. The van der Waals surface area contributed by atoms with Gasteiger partial charge in [0, 0.05) is 50.1 Å². The normalized spacial score (nSPS) is 16.0. The third-order valence-electron chi connectivity index (χ3n) is 11.1. The van der Waals surface area contributed by atoms with E-state index in [4.69, 9.17) is 0 Å². The zero-order valence-corrected chi connectivity index (χ0v) is 27.5. The fourth-order valence-electron chi connectivity index (χ4n) is 8.84. The molecule has 1 unspecified atom stereocenters. The highest BCUT2D eigenvalue weighted by atomic mass is 15.0. The summed E-state index contributed by atoms with van der Waals surface area (Å²) in [6, 6.07) is 49.6. The summed E-state index contributed by atoms with van der Waals surface area (Å²) in [4.78, 5) is 0. The average Bonchev–Trinajstić information content (AvgIpc) is 3.73. The minimum atomic E-state index is -0.0594. The minimum absolute atomic E-state index is 0.0594. The maximum absolute atomic E-state index is 2.58. The van der Waals surface area contributed by atoms with Gasteiger partial charge in [0.05, 0.1) is 16.6 Å². The summed E-state index contributed by atoms with van der Waals surface area (Å²) in [5, 5.41) is 3.92. The van der Waals surface area contributed by atoms with E-state index < -0.39 is 0 Å². The van der Waals surface area contributed by atoms with Gasteiger partial charge in [-0.2, -0.15) is 0 Å². The molecule has 6 aromatic carbocycles. The Morgan fingerprint density at radius 2 is 1.29 bits per heavy atom. The van der Waals surface area contributed by atoms with Crippen molar-refractivity contribution in [3.63, 3.8) is 0 Å². The quantitative estimate of drug-likeness (QED) is 0.187. The molecule has 230 valence electrons. The van der Waals surface area contributed by atoms with Crippen LogP contribution in [0, 0.1) is 0 Å². The molecule has 2 heterocycles. The predicted octanol–water partition coefficient (Wildman–Crippen LogP) is 12.2. The molecule has 0 N–H and O–H groups in total. The summed E-state index contributed by atoms with van der Waals surface area (Å²) >= 11 is 0. The van der Waals surface area contributed by atoms with Crippen LogP contribution in [0.15, 0.2) is 140 Å². The van der Waals surface area contributed by atoms with Gasteiger partial charge in [-0.05, 0) is 76.2 Å². The fourth-order valence-corrected chi connectivity index (χ4v) is 8.84. The highest BCUT2D eigenvalue weighted by Gasteiger charge is 2.35. The van der Waals surface area contributed by atoms with Gasteiger partial charge in [-0.3, -0.25) is 0 Å². The zero-order valence-electron chi connectivity index (χ0n) is 27.5. The van der Waals surface area contributed by atoms with Crippen LogP contribution in [0.5, 0.6) is 0 Å². The maximum Gasteiger partial charge on any atom is 0.0638 e. The van der Waals surface area contributed by atoms with Gasteiger partial charge in [-0.1, -0.05) is 130 Å². The van der Waals surface area contributed by atoms with E-state index in [0.29, 0.717) is 5.92 Å². The number of allylic oxidation sites excluding steroid dienone is 1. The van der Waals surface area contributed by atoms with Crippen LogP contribution in [0.25, 0.3) is 72.4 Å². The number of nitrogens with zero attached hydrogens (tertiary/aromatic N) is 2. The standard InChI is InChI=1S/C46H36N2/c1-29-12-11-17-36-37-26-27-42-43(45(37)48(44(29)36)32-22-20-31(21-23-32)30-13-5-4-6-14-30)38-16-8-10-19-41(38)47(42)33-24-25-35-34-15-7-9-18-39(34)46(2,3)40(35)28-33/h4-11,13-29H,12H2,1-3H3. The van der Waals surface area contributed by atoms with E-state index in [2.05, 4.69) is 176 Å². The SMILES string of the molecule is CC1CC=Cc2c1n(-c1ccc(-c3ccccc3)cc1)c1c2ccc2c1c1ccccc1n2-c1ccc2c(c1)C(C)(C)c1ccccc1-2. The van der Waals surface area contributed by atoms with E-state index in [-0.39, 0.29) is 5.41 Å². The van der Waals surface area contributed by atoms with Gasteiger partial charge in [0.15, 0.2) is 0 Å². The summed E-state index contributed by atoms with van der Waals surface area (Å²) in [7, 11) is 0. The second-order valence-electron chi connectivity index (χ2n) is 14.2. The van der Waals surface area contributed by atoms with Crippen LogP contribution in [0.3, 0.4) is 0 Å². The smallest absolute Gasteiger partial charge is 0.0638 e. The predicted molar refractivity (Wildman–Crippen MR) is 203 cm³/mol. The Balaban J connectivity index is 1.26. The van der Waals surface area contributed by atoms with E-state index in [0.717, 1.165) is 6.42 Å². The van der Waals surface area contributed by atoms with Gasteiger partial charge >= 0.3 is 0 Å². The van der Waals surface area contributed by atoms with E-state index in [9.17, 15) is 0 Å². The summed E-state index contributed by atoms with van der Waals surface area (Å²) < 4.78 is 5.08. The van der Waals surface area contributed by atoms with Crippen LogP contribution in [0.2, 0.25) is 0 Å². The van der Waals surface area contributed by atoms with E-state index in [1.807, 2.05) is 0 Å². The van der Waals surface area contributed by atoms with Gasteiger partial charge in [0.1, 0.15) is 0 Å². The number of rotatable bonds is 3. The first kappa shape index (κ1) is 27.5. The Bertz CT molecular complexity index is 2610. The highest BCUT2D eigenvalue weighted by Crippen LogP contribution is 2.50. The summed E-state index contributed by atoms with van der Waals surface area (Å²) in [5.41, 5.74) is 16.9. The van der Waals surface area contributed by atoms with Crippen LogP contribution in [0.4, 0.5) is 0 Å². The number of para-hydroxylation sites is 1. The van der Waals surface area contributed by atoms with Gasteiger partial charge < -0.3 is 9.13 Å². The van der Waals surface area contributed by atoms with E-state index >= 15 is 0 Å². The zero-order chi connectivity index (χ0) is 32.1. The number of fused-ring (bicyclic) bond motifs is 10. The van der Waals surface area contributed by atoms with Crippen molar-refractivity contribution in [3.05, 3.63) is 162 Å². The Morgan fingerprint density at radius 3 is 2.15 bits per heavy atom. The highest BCUT2D eigenvalue weighted by molar-refractivity contribution is 6.22. The number of hydrogen-bond donors (Lipinski definition) is 0. The van der Waals surface area contributed by atoms with Crippen LogP contribution >= 0.6 is 0 Å². The molecule has 48 heavy (non-hydrogen) atoms. The lowest BCUT2D eigenvalue weighted by molar-refractivity contribution is 0.660. The Kier molecular flexibility index (Phi) is 5.70. The molecule has 10 rings (SSSR count). The van der Waals surface area contributed by atoms with Crippen molar-refractivity contribution in [2.75, 3.05) is 0 Å². The molecule has 0 spiro atoms. The van der Waals surface area contributed by atoms with Crippen molar-refractivity contribution in [1.82, 2.24) is 9.13 Å². The molecular weight excluding hydrogens is 581 g/mol. The minimum Gasteiger partial charge on any atom is -0.312 e. The van der Waals surface area contributed by atoms with Gasteiger partial charge in [0.2, 0.25) is 0 Å².